The predicted octanol–water partition coefficient (Wildman–Crippen LogP) is 2.90. The van der Waals surface area contributed by atoms with E-state index in [1.165, 1.54) is 13.0 Å². The molecule has 2 heterocycles. The average molecular weight is 519 g/mol. The number of carbonyl (C=O) groups is 2. The summed E-state index contributed by atoms with van der Waals surface area (Å²) in [6.07, 6.45) is 0.600. The van der Waals surface area contributed by atoms with Gasteiger partial charge in [-0.3, -0.25) is 9.59 Å². The van der Waals surface area contributed by atoms with Gasteiger partial charge in [-0.1, -0.05) is 25.4 Å². The Morgan fingerprint density at radius 1 is 0.971 bits per heavy atom. The van der Waals surface area contributed by atoms with Crippen molar-refractivity contribution in [1.29, 1.82) is 0 Å². The lowest BCUT2D eigenvalue weighted by Gasteiger charge is -2.38. The first kappa shape index (κ1) is 25.5. The highest BCUT2D eigenvalue weighted by atomic mass is 35.5. The van der Waals surface area contributed by atoms with E-state index in [9.17, 15) is 18.0 Å². The molecule has 188 valence electrons. The maximum atomic E-state index is 13.4. The Morgan fingerprint density at radius 3 is 2.23 bits per heavy atom. The third-order valence-corrected chi connectivity index (χ3v) is 8.33. The molecule has 0 saturated carbocycles. The first-order valence-corrected chi connectivity index (χ1v) is 13.7. The first-order chi connectivity index (χ1) is 16.6. The fourth-order valence-electron chi connectivity index (χ4n) is 4.61. The van der Waals surface area contributed by atoms with Gasteiger partial charge in [0.25, 0.3) is 0 Å². The molecule has 1 N–H and O–H groups in total. The van der Waals surface area contributed by atoms with Crippen LogP contribution >= 0.6 is 11.6 Å². The predicted molar refractivity (Wildman–Crippen MR) is 137 cm³/mol. The van der Waals surface area contributed by atoms with Crippen LogP contribution < -0.4 is 14.5 Å². The monoisotopic (exact) mass is 518 g/mol. The quantitative estimate of drug-likeness (QED) is 0.635. The van der Waals surface area contributed by atoms with Gasteiger partial charge in [0, 0.05) is 56.0 Å². The van der Waals surface area contributed by atoms with E-state index in [1.807, 2.05) is 38.1 Å². The molecule has 1 unspecified atom stereocenters. The van der Waals surface area contributed by atoms with Gasteiger partial charge in [-0.2, -0.15) is 4.72 Å². The molecule has 2 aliphatic heterocycles. The third-order valence-electron chi connectivity index (χ3n) is 6.63. The Balaban J connectivity index is 1.45. The van der Waals surface area contributed by atoms with Crippen molar-refractivity contribution < 1.29 is 18.0 Å². The lowest BCUT2D eigenvalue weighted by Crippen LogP contribution is -2.56. The van der Waals surface area contributed by atoms with Crippen LogP contribution in [0.3, 0.4) is 0 Å². The van der Waals surface area contributed by atoms with E-state index >= 15 is 0 Å². The topological polar surface area (TPSA) is 90.0 Å². The number of piperazine rings is 1. The molecule has 2 aromatic rings. The van der Waals surface area contributed by atoms with Crippen molar-refractivity contribution in [2.24, 2.45) is 5.92 Å². The zero-order valence-corrected chi connectivity index (χ0v) is 21.8. The number of nitrogens with zero attached hydrogens (tertiary/aromatic N) is 3. The Hall–Kier alpha value is -2.62. The number of amides is 2. The van der Waals surface area contributed by atoms with E-state index in [2.05, 4.69) is 9.62 Å². The van der Waals surface area contributed by atoms with Crippen molar-refractivity contribution in [2.45, 2.75) is 38.1 Å². The van der Waals surface area contributed by atoms with Crippen LogP contribution in [0, 0.1) is 5.92 Å². The molecule has 0 spiro atoms. The molecule has 2 aliphatic rings. The SMILES string of the molecule is CC(=O)N1CCc2cc(S(=O)(=O)NC(C(=O)N3CCN(c4ccc(Cl)cc4)CC3)C(C)C)ccc21. The maximum Gasteiger partial charge on any atom is 0.241 e. The number of anilines is 2. The summed E-state index contributed by atoms with van der Waals surface area (Å²) in [6, 6.07) is 11.5. The third kappa shape index (κ3) is 5.47. The van der Waals surface area contributed by atoms with Crippen LogP contribution in [0.1, 0.15) is 26.3 Å². The molecule has 8 nitrogen and oxygen atoms in total. The Labute approximate surface area is 211 Å². The summed E-state index contributed by atoms with van der Waals surface area (Å²) in [7, 11) is -3.93. The molecule has 0 bridgehead atoms. The molecule has 10 heteroatoms. The van der Waals surface area contributed by atoms with E-state index in [0.717, 1.165) is 16.9 Å². The summed E-state index contributed by atoms with van der Waals surface area (Å²) in [6.45, 7) is 8.03. The van der Waals surface area contributed by atoms with E-state index in [-0.39, 0.29) is 22.6 Å². The van der Waals surface area contributed by atoms with Gasteiger partial charge >= 0.3 is 0 Å². The van der Waals surface area contributed by atoms with Crippen LogP contribution in [0.15, 0.2) is 47.4 Å². The molecule has 2 amide bonds. The zero-order valence-electron chi connectivity index (χ0n) is 20.2. The number of fused-ring (bicyclic) bond motifs is 1. The van der Waals surface area contributed by atoms with Crippen molar-refractivity contribution >= 4 is 44.8 Å². The molecule has 2 aromatic carbocycles. The van der Waals surface area contributed by atoms with Crippen LogP contribution in [-0.2, 0) is 26.0 Å². The number of sulfonamides is 1. The molecule has 35 heavy (non-hydrogen) atoms. The Kier molecular flexibility index (Phi) is 7.40. The molecule has 0 radical (unpaired) electrons. The van der Waals surface area contributed by atoms with Crippen LogP contribution in [0.5, 0.6) is 0 Å². The summed E-state index contributed by atoms with van der Waals surface area (Å²) >= 11 is 5.98. The Morgan fingerprint density at radius 2 is 1.63 bits per heavy atom. The normalized spacial score (nSPS) is 17.0. The molecule has 1 atom stereocenters. The van der Waals surface area contributed by atoms with Gasteiger partial charge in [0.15, 0.2) is 0 Å². The first-order valence-electron chi connectivity index (χ1n) is 11.8. The van der Waals surface area contributed by atoms with E-state index in [1.54, 1.807) is 21.9 Å². The van der Waals surface area contributed by atoms with Gasteiger partial charge in [0.1, 0.15) is 6.04 Å². The molecular weight excluding hydrogens is 488 g/mol. The van der Waals surface area contributed by atoms with Crippen molar-refractivity contribution in [3.05, 3.63) is 53.1 Å². The van der Waals surface area contributed by atoms with Crippen molar-refractivity contribution in [3.8, 4) is 0 Å². The summed E-state index contributed by atoms with van der Waals surface area (Å²) in [4.78, 5) is 30.8. The van der Waals surface area contributed by atoms with E-state index in [0.29, 0.717) is 44.2 Å². The standard InChI is InChI=1S/C25H31ClN4O4S/c1-17(2)24(25(32)29-14-12-28(13-15-29)21-6-4-20(26)5-7-21)27-35(33,34)22-8-9-23-19(16-22)10-11-30(23)18(3)31/h4-9,16-17,24,27H,10-15H2,1-3H3. The largest absolute Gasteiger partial charge is 0.368 e. The fourth-order valence-corrected chi connectivity index (χ4v) is 6.13. The molecule has 1 fully saturated rings. The lowest BCUT2D eigenvalue weighted by atomic mass is 10.0. The highest BCUT2D eigenvalue weighted by molar-refractivity contribution is 7.89. The second-order valence-corrected chi connectivity index (χ2v) is 11.5. The van der Waals surface area contributed by atoms with Crippen molar-refractivity contribution in [1.82, 2.24) is 9.62 Å². The van der Waals surface area contributed by atoms with Crippen LogP contribution in [-0.4, -0.2) is 63.9 Å². The summed E-state index contributed by atoms with van der Waals surface area (Å²) < 4.78 is 29.1. The number of halogens is 1. The van der Waals surface area contributed by atoms with Crippen LogP contribution in [0.25, 0.3) is 0 Å². The minimum atomic E-state index is -3.93. The zero-order chi connectivity index (χ0) is 25.3. The number of hydrogen-bond donors (Lipinski definition) is 1. The second-order valence-electron chi connectivity index (χ2n) is 9.34. The smallest absolute Gasteiger partial charge is 0.241 e. The number of hydrogen-bond acceptors (Lipinski definition) is 5. The summed E-state index contributed by atoms with van der Waals surface area (Å²) in [5.41, 5.74) is 2.60. The molecule has 4 rings (SSSR count). The van der Waals surface area contributed by atoms with Gasteiger partial charge in [-0.15, -0.1) is 0 Å². The molecule has 1 saturated heterocycles. The Bertz CT molecular complexity index is 1210. The van der Waals surface area contributed by atoms with Crippen molar-refractivity contribution in [2.75, 3.05) is 42.5 Å². The average Bonchev–Trinajstić information content (AvgIpc) is 3.26. The van der Waals surface area contributed by atoms with Gasteiger partial charge in [-0.05, 0) is 60.4 Å². The van der Waals surface area contributed by atoms with Gasteiger partial charge < -0.3 is 14.7 Å². The maximum absolute atomic E-state index is 13.4. The number of carbonyl (C=O) groups excluding carboxylic acids is 2. The van der Waals surface area contributed by atoms with E-state index < -0.39 is 16.1 Å². The van der Waals surface area contributed by atoms with E-state index in [4.69, 9.17) is 11.6 Å². The molecule has 0 aromatic heterocycles. The van der Waals surface area contributed by atoms with Gasteiger partial charge in [0.05, 0.1) is 4.90 Å². The minimum absolute atomic E-state index is 0.0703. The number of rotatable bonds is 6. The number of nitrogens with one attached hydrogen (secondary N) is 1. The van der Waals surface area contributed by atoms with Crippen LogP contribution in [0.4, 0.5) is 11.4 Å². The molecular formula is C25H31ClN4O4S. The second kappa shape index (κ2) is 10.2. The van der Waals surface area contributed by atoms with Crippen LogP contribution in [0.2, 0.25) is 5.02 Å². The van der Waals surface area contributed by atoms with Gasteiger partial charge in [-0.25, -0.2) is 8.42 Å². The van der Waals surface area contributed by atoms with Crippen molar-refractivity contribution in [3.63, 3.8) is 0 Å². The fraction of sp³-hybridized carbons (Fsp3) is 0.440. The number of benzene rings is 2. The highest BCUT2D eigenvalue weighted by Crippen LogP contribution is 2.30. The summed E-state index contributed by atoms with van der Waals surface area (Å²) in [5.74, 6) is -0.517. The minimum Gasteiger partial charge on any atom is -0.368 e. The highest BCUT2D eigenvalue weighted by Gasteiger charge is 2.34. The van der Waals surface area contributed by atoms with Gasteiger partial charge in [0.2, 0.25) is 21.8 Å². The summed E-state index contributed by atoms with van der Waals surface area (Å²) in [5, 5.41) is 0.675. The molecule has 0 aliphatic carbocycles. The lowest BCUT2D eigenvalue weighted by molar-refractivity contribution is -0.134.